The highest BCUT2D eigenvalue weighted by atomic mass is 35.5. The predicted molar refractivity (Wildman–Crippen MR) is 119 cm³/mol. The highest BCUT2D eigenvalue weighted by Crippen LogP contribution is 2.50. The van der Waals surface area contributed by atoms with Gasteiger partial charge in [-0.05, 0) is 19.1 Å². The van der Waals surface area contributed by atoms with Gasteiger partial charge in [0, 0.05) is 28.8 Å². The number of benzene rings is 1. The summed E-state index contributed by atoms with van der Waals surface area (Å²) in [5.41, 5.74) is 0.0567. The fourth-order valence-corrected chi connectivity index (χ4v) is 3.89. The van der Waals surface area contributed by atoms with E-state index >= 15 is 0 Å². The molecule has 36 heavy (non-hydrogen) atoms. The SMILES string of the molecule is CC1=C(OC(=O)CCC(=O)O)C2=CO[C@@](CC(CO[N+](=O)[O-])O[N+](=O)[O-])(c3ccc(Cl)cc3)C2=CN1. The standard InChI is InChI=1S/C21H20ClN3O11/c1-12-20(35-19(28)7-6-18(26)27)16-11-33-21(17(16)9-23-12,13-2-4-14(22)5-3-13)8-15(36-25(31)32)10-34-24(29)30/h2-5,9,11,15,23H,6-8,10H2,1H3,(H,26,27)/t15?,21-/m0/s1. The van der Waals surface area contributed by atoms with Crippen LogP contribution in [-0.2, 0) is 34.3 Å². The van der Waals surface area contributed by atoms with Crippen molar-refractivity contribution in [1.29, 1.82) is 0 Å². The van der Waals surface area contributed by atoms with Gasteiger partial charge in [0.25, 0.3) is 10.2 Å². The van der Waals surface area contributed by atoms with Crippen molar-refractivity contribution >= 4 is 23.5 Å². The summed E-state index contributed by atoms with van der Waals surface area (Å²) >= 11 is 6.02. The third kappa shape index (κ3) is 6.02. The van der Waals surface area contributed by atoms with Crippen molar-refractivity contribution < 1.29 is 44.0 Å². The second-order valence-corrected chi connectivity index (χ2v) is 8.12. The number of fused-ring (bicyclic) bond motifs is 1. The van der Waals surface area contributed by atoms with E-state index in [9.17, 15) is 29.8 Å². The molecule has 15 heteroatoms. The van der Waals surface area contributed by atoms with Crippen molar-refractivity contribution in [2.24, 2.45) is 0 Å². The molecule has 2 heterocycles. The van der Waals surface area contributed by atoms with Gasteiger partial charge in [-0.3, -0.25) is 9.59 Å². The first-order valence-corrected chi connectivity index (χ1v) is 10.7. The van der Waals surface area contributed by atoms with Gasteiger partial charge < -0.3 is 29.6 Å². The van der Waals surface area contributed by atoms with Crippen LogP contribution in [0.15, 0.2) is 59.3 Å². The Labute approximate surface area is 207 Å². The molecule has 0 bridgehead atoms. The first-order valence-electron chi connectivity index (χ1n) is 10.4. The van der Waals surface area contributed by atoms with Crippen LogP contribution >= 0.6 is 11.6 Å². The zero-order chi connectivity index (χ0) is 26.5. The summed E-state index contributed by atoms with van der Waals surface area (Å²) in [6.45, 7) is 0.842. The molecule has 0 aromatic heterocycles. The molecule has 2 aliphatic heterocycles. The minimum atomic E-state index is -1.49. The fourth-order valence-electron chi connectivity index (χ4n) is 3.76. The van der Waals surface area contributed by atoms with Gasteiger partial charge in [0.05, 0.1) is 30.4 Å². The number of esters is 1. The lowest BCUT2D eigenvalue weighted by Crippen LogP contribution is -2.38. The molecule has 1 aromatic rings. The van der Waals surface area contributed by atoms with Crippen molar-refractivity contribution in [2.75, 3.05) is 6.61 Å². The number of carbonyl (C=O) groups excluding carboxylic acids is 1. The Morgan fingerprint density at radius 2 is 1.89 bits per heavy atom. The third-order valence-electron chi connectivity index (χ3n) is 5.31. The maximum Gasteiger partial charge on any atom is 0.311 e. The number of ether oxygens (including phenoxy) is 2. The van der Waals surface area contributed by atoms with Gasteiger partial charge in [0.15, 0.2) is 11.4 Å². The van der Waals surface area contributed by atoms with E-state index in [4.69, 9.17) is 26.2 Å². The van der Waals surface area contributed by atoms with E-state index in [0.717, 1.165) is 0 Å². The van der Waals surface area contributed by atoms with Crippen molar-refractivity contribution in [3.8, 4) is 0 Å². The van der Waals surface area contributed by atoms with Crippen LogP contribution in [0.1, 0.15) is 31.7 Å². The summed E-state index contributed by atoms with van der Waals surface area (Å²) in [6, 6.07) is 6.31. The summed E-state index contributed by atoms with van der Waals surface area (Å²) in [5.74, 6) is -1.90. The third-order valence-corrected chi connectivity index (χ3v) is 5.56. The van der Waals surface area contributed by atoms with Crippen LogP contribution in [0, 0.1) is 20.2 Å². The predicted octanol–water partition coefficient (Wildman–Crippen LogP) is 2.75. The molecular formula is C21H20ClN3O11. The topological polar surface area (TPSA) is 190 Å². The number of allylic oxidation sites excluding steroid dienone is 2. The quantitative estimate of drug-likeness (QED) is 0.231. The molecule has 0 amide bonds. The maximum atomic E-state index is 12.2. The lowest BCUT2D eigenvalue weighted by molar-refractivity contribution is -0.790. The van der Waals surface area contributed by atoms with E-state index in [2.05, 4.69) is 15.0 Å². The highest BCUT2D eigenvalue weighted by molar-refractivity contribution is 6.30. The van der Waals surface area contributed by atoms with Crippen LogP contribution < -0.4 is 5.32 Å². The van der Waals surface area contributed by atoms with Crippen molar-refractivity contribution in [3.05, 3.63) is 90.1 Å². The second kappa shape index (κ2) is 10.9. The van der Waals surface area contributed by atoms with Crippen LogP contribution in [0.4, 0.5) is 0 Å². The van der Waals surface area contributed by atoms with Crippen LogP contribution in [0.3, 0.4) is 0 Å². The number of carbonyl (C=O) groups is 2. The van der Waals surface area contributed by atoms with E-state index < -0.39 is 46.8 Å². The first kappa shape index (κ1) is 26.3. The van der Waals surface area contributed by atoms with Gasteiger partial charge in [-0.1, -0.05) is 23.7 Å². The highest BCUT2D eigenvalue weighted by Gasteiger charge is 2.49. The van der Waals surface area contributed by atoms with Gasteiger partial charge in [-0.25, -0.2) is 0 Å². The zero-order valence-corrected chi connectivity index (χ0v) is 19.4. The van der Waals surface area contributed by atoms with Crippen LogP contribution in [0.25, 0.3) is 0 Å². The Hall–Kier alpha value is -4.33. The number of carboxylic acid groups (broad SMARTS) is 1. The summed E-state index contributed by atoms with van der Waals surface area (Å²) in [6.07, 6.45) is 0.247. The molecule has 2 N–H and O–H groups in total. The number of carboxylic acids is 1. The molecule has 14 nitrogen and oxygen atoms in total. The number of dihydropyridines is 1. The zero-order valence-electron chi connectivity index (χ0n) is 18.7. The molecule has 2 aliphatic rings. The lowest BCUT2D eigenvalue weighted by atomic mass is 9.79. The number of nitrogens with one attached hydrogen (secondary N) is 1. The Morgan fingerprint density at radius 1 is 1.19 bits per heavy atom. The number of rotatable bonds is 12. The summed E-state index contributed by atoms with van der Waals surface area (Å²) < 4.78 is 11.4. The fraction of sp³-hybridized carbons (Fsp3) is 0.333. The van der Waals surface area contributed by atoms with E-state index in [0.29, 0.717) is 27.4 Å². The van der Waals surface area contributed by atoms with E-state index in [1.54, 1.807) is 31.2 Å². The van der Waals surface area contributed by atoms with Crippen LogP contribution in [0.2, 0.25) is 5.02 Å². The molecule has 1 aromatic carbocycles. The number of hydrogen-bond donors (Lipinski definition) is 2. The Bertz CT molecular complexity index is 1160. The van der Waals surface area contributed by atoms with E-state index in [1.165, 1.54) is 12.5 Å². The average molecular weight is 526 g/mol. The normalized spacial score (nSPS) is 19.1. The van der Waals surface area contributed by atoms with Crippen LogP contribution in [0.5, 0.6) is 0 Å². The minimum Gasteiger partial charge on any atom is -0.484 e. The van der Waals surface area contributed by atoms with Gasteiger partial charge in [-0.15, -0.1) is 20.2 Å². The Balaban J connectivity index is 1.97. The van der Waals surface area contributed by atoms with Crippen molar-refractivity contribution in [1.82, 2.24) is 5.32 Å². The molecule has 0 saturated heterocycles. The van der Waals surface area contributed by atoms with Crippen molar-refractivity contribution in [2.45, 2.75) is 37.9 Å². The Kier molecular flexibility index (Phi) is 7.99. The molecule has 0 fully saturated rings. The first-order chi connectivity index (χ1) is 17.0. The Morgan fingerprint density at radius 3 is 2.50 bits per heavy atom. The van der Waals surface area contributed by atoms with E-state index in [-0.39, 0.29) is 18.6 Å². The smallest absolute Gasteiger partial charge is 0.311 e. The number of nitrogens with zero attached hydrogens (tertiary/aromatic N) is 2. The lowest BCUT2D eigenvalue weighted by Gasteiger charge is -2.35. The van der Waals surface area contributed by atoms with E-state index in [1.807, 2.05) is 0 Å². The minimum absolute atomic E-state index is 0.0620. The van der Waals surface area contributed by atoms with Crippen LogP contribution in [-0.4, -0.2) is 39.9 Å². The molecule has 0 spiro atoms. The molecule has 2 atom stereocenters. The summed E-state index contributed by atoms with van der Waals surface area (Å²) in [7, 11) is 0. The molecule has 192 valence electrons. The van der Waals surface area contributed by atoms with Gasteiger partial charge >= 0.3 is 11.9 Å². The van der Waals surface area contributed by atoms with Gasteiger partial charge in [0.2, 0.25) is 0 Å². The second-order valence-electron chi connectivity index (χ2n) is 7.68. The summed E-state index contributed by atoms with van der Waals surface area (Å²) in [5, 5.41) is 31.7. The number of halogens is 1. The molecule has 0 saturated carbocycles. The molecule has 3 rings (SSSR count). The van der Waals surface area contributed by atoms with Gasteiger partial charge in [0.1, 0.15) is 12.7 Å². The molecule has 0 radical (unpaired) electrons. The monoisotopic (exact) mass is 525 g/mol. The maximum absolute atomic E-state index is 12.2. The molecule has 1 unspecified atom stereocenters. The largest absolute Gasteiger partial charge is 0.484 e. The number of hydrogen-bond acceptors (Lipinski definition) is 11. The molecule has 0 aliphatic carbocycles. The van der Waals surface area contributed by atoms with Crippen molar-refractivity contribution in [3.63, 3.8) is 0 Å². The number of aliphatic carboxylic acids is 1. The average Bonchev–Trinajstić information content (AvgIpc) is 3.17. The summed E-state index contributed by atoms with van der Waals surface area (Å²) in [4.78, 5) is 53.8. The van der Waals surface area contributed by atoms with Gasteiger partial charge in [-0.2, -0.15) is 0 Å². The molecular weight excluding hydrogens is 506 g/mol.